The van der Waals surface area contributed by atoms with Crippen molar-refractivity contribution >= 4 is 43.6 Å². The molecule has 1 saturated heterocycles. The molecule has 4 aromatic rings. The highest BCUT2D eigenvalue weighted by molar-refractivity contribution is 9.09. The van der Waals surface area contributed by atoms with Crippen molar-refractivity contribution in [1.29, 1.82) is 0 Å². The highest BCUT2D eigenvalue weighted by atomic mass is 79.9. The van der Waals surface area contributed by atoms with Gasteiger partial charge in [0.25, 0.3) is 0 Å². The molecule has 29 heavy (non-hydrogen) atoms. The molecule has 150 valence electrons. The van der Waals surface area contributed by atoms with E-state index in [0.29, 0.717) is 4.83 Å². The Morgan fingerprint density at radius 3 is 2.69 bits per heavy atom. The smallest absolute Gasteiger partial charge is 0.138 e. The molecule has 0 radical (unpaired) electrons. The standard InChI is InChI=1S/C23H26BrN5/c1-16(24)17-2-3-21-20(14-17)18(15-27-21)6-9-28-10-12-29(13-11-28)23-19-4-7-25-22(19)5-8-26-23/h2-5,7-8,14-16,25,27H,6,9-13H2,1H3. The summed E-state index contributed by atoms with van der Waals surface area (Å²) in [6.45, 7) is 7.47. The maximum absolute atomic E-state index is 4.65. The SMILES string of the molecule is CC(Br)c1ccc2[nH]cc(CCN3CCN(c4nccc5[nH]ccc45)CC3)c2c1. The summed E-state index contributed by atoms with van der Waals surface area (Å²) in [5.41, 5.74) is 5.14. The van der Waals surface area contributed by atoms with E-state index in [9.17, 15) is 0 Å². The van der Waals surface area contributed by atoms with Crippen LogP contribution in [0.4, 0.5) is 5.82 Å². The Hall–Kier alpha value is -2.31. The first-order valence-corrected chi connectivity index (χ1v) is 11.2. The number of anilines is 1. The number of pyridine rings is 1. The first kappa shape index (κ1) is 18.7. The minimum atomic E-state index is 0.376. The van der Waals surface area contributed by atoms with Gasteiger partial charge in [0.15, 0.2) is 0 Å². The van der Waals surface area contributed by atoms with E-state index in [1.54, 1.807) is 0 Å². The zero-order valence-corrected chi connectivity index (χ0v) is 18.2. The number of nitrogens with one attached hydrogen (secondary N) is 2. The lowest BCUT2D eigenvalue weighted by Gasteiger charge is -2.35. The van der Waals surface area contributed by atoms with Crippen LogP contribution in [0.2, 0.25) is 0 Å². The maximum Gasteiger partial charge on any atom is 0.138 e. The molecule has 1 aromatic carbocycles. The lowest BCUT2D eigenvalue weighted by molar-refractivity contribution is 0.261. The van der Waals surface area contributed by atoms with Crippen LogP contribution in [-0.2, 0) is 6.42 Å². The molecule has 0 spiro atoms. The average Bonchev–Trinajstić information content (AvgIpc) is 3.39. The minimum absolute atomic E-state index is 0.376. The number of rotatable bonds is 5. The van der Waals surface area contributed by atoms with Gasteiger partial charge in [-0.1, -0.05) is 22.0 Å². The molecule has 2 N–H and O–H groups in total. The van der Waals surface area contributed by atoms with Crippen LogP contribution >= 0.6 is 15.9 Å². The van der Waals surface area contributed by atoms with Crippen molar-refractivity contribution in [1.82, 2.24) is 19.9 Å². The number of piperazine rings is 1. The predicted molar refractivity (Wildman–Crippen MR) is 124 cm³/mol. The van der Waals surface area contributed by atoms with E-state index < -0.39 is 0 Å². The molecule has 3 aromatic heterocycles. The molecule has 1 atom stereocenters. The van der Waals surface area contributed by atoms with Gasteiger partial charge in [-0.05, 0) is 48.7 Å². The zero-order chi connectivity index (χ0) is 19.8. The number of halogens is 1. The van der Waals surface area contributed by atoms with E-state index in [-0.39, 0.29) is 0 Å². The Morgan fingerprint density at radius 2 is 1.86 bits per heavy atom. The molecular formula is C23H26BrN5. The Kier molecular flexibility index (Phi) is 5.06. The summed E-state index contributed by atoms with van der Waals surface area (Å²) in [7, 11) is 0. The number of fused-ring (bicyclic) bond motifs is 2. The summed E-state index contributed by atoms with van der Waals surface area (Å²) in [4.78, 5) is 16.7. The summed E-state index contributed by atoms with van der Waals surface area (Å²) < 4.78 is 0. The van der Waals surface area contributed by atoms with Crippen molar-refractivity contribution in [3.8, 4) is 0 Å². The topological polar surface area (TPSA) is 51.0 Å². The first-order chi connectivity index (χ1) is 14.2. The van der Waals surface area contributed by atoms with Crippen LogP contribution in [0.15, 0.2) is 48.9 Å². The largest absolute Gasteiger partial charge is 0.361 e. The highest BCUT2D eigenvalue weighted by Crippen LogP contribution is 2.28. The summed E-state index contributed by atoms with van der Waals surface area (Å²) in [5, 5.41) is 2.58. The van der Waals surface area contributed by atoms with Crippen LogP contribution < -0.4 is 4.90 Å². The maximum atomic E-state index is 4.65. The first-order valence-electron chi connectivity index (χ1n) is 10.3. The molecule has 1 unspecified atom stereocenters. The second-order valence-electron chi connectivity index (χ2n) is 7.89. The van der Waals surface area contributed by atoms with Gasteiger partial charge < -0.3 is 14.9 Å². The molecule has 1 aliphatic heterocycles. The number of nitrogens with zero attached hydrogens (tertiary/aromatic N) is 3. The quantitative estimate of drug-likeness (QED) is 0.425. The van der Waals surface area contributed by atoms with E-state index in [2.05, 4.69) is 78.1 Å². The Labute approximate surface area is 179 Å². The Bertz CT molecular complexity index is 1120. The van der Waals surface area contributed by atoms with Gasteiger partial charge in [-0.15, -0.1) is 0 Å². The van der Waals surface area contributed by atoms with Gasteiger partial charge in [0.05, 0.1) is 5.52 Å². The normalized spacial score (nSPS) is 16.7. The molecule has 1 aliphatic rings. The molecule has 0 saturated carbocycles. The molecule has 6 heteroatoms. The molecule has 4 heterocycles. The van der Waals surface area contributed by atoms with Gasteiger partial charge in [-0.3, -0.25) is 4.90 Å². The van der Waals surface area contributed by atoms with Crippen LogP contribution in [0.1, 0.15) is 22.9 Å². The average molecular weight is 452 g/mol. The summed E-state index contributed by atoms with van der Waals surface area (Å²) in [6, 6.07) is 10.9. The monoisotopic (exact) mass is 451 g/mol. The van der Waals surface area contributed by atoms with Gasteiger partial charge in [0.1, 0.15) is 5.82 Å². The third-order valence-electron chi connectivity index (χ3n) is 6.08. The molecular weight excluding hydrogens is 426 g/mol. The third-order valence-corrected chi connectivity index (χ3v) is 6.61. The molecule has 5 rings (SSSR count). The van der Waals surface area contributed by atoms with E-state index >= 15 is 0 Å². The summed E-state index contributed by atoms with van der Waals surface area (Å²) in [6.07, 6.45) is 7.15. The van der Waals surface area contributed by atoms with Gasteiger partial charge >= 0.3 is 0 Å². The number of hydrogen-bond acceptors (Lipinski definition) is 3. The number of benzene rings is 1. The third kappa shape index (κ3) is 3.67. The van der Waals surface area contributed by atoms with Crippen molar-refractivity contribution in [3.05, 3.63) is 60.0 Å². The van der Waals surface area contributed by atoms with E-state index in [0.717, 1.165) is 50.5 Å². The Morgan fingerprint density at radius 1 is 1.03 bits per heavy atom. The van der Waals surface area contributed by atoms with E-state index in [1.807, 2.05) is 18.5 Å². The van der Waals surface area contributed by atoms with Crippen LogP contribution in [0.3, 0.4) is 0 Å². The predicted octanol–water partition coefficient (Wildman–Crippen LogP) is 4.86. The van der Waals surface area contributed by atoms with E-state index in [4.69, 9.17) is 0 Å². The second-order valence-corrected chi connectivity index (χ2v) is 9.26. The van der Waals surface area contributed by atoms with Crippen molar-refractivity contribution in [2.24, 2.45) is 0 Å². The number of hydrogen-bond donors (Lipinski definition) is 2. The summed E-state index contributed by atoms with van der Waals surface area (Å²) in [5.74, 6) is 1.11. The molecule has 1 fully saturated rings. The van der Waals surface area contributed by atoms with Gasteiger partial charge in [-0.25, -0.2) is 4.98 Å². The molecule has 0 bridgehead atoms. The van der Waals surface area contributed by atoms with Gasteiger partial charge in [0, 0.05) is 72.4 Å². The zero-order valence-electron chi connectivity index (χ0n) is 16.7. The van der Waals surface area contributed by atoms with Crippen LogP contribution in [-0.4, -0.2) is 52.6 Å². The highest BCUT2D eigenvalue weighted by Gasteiger charge is 2.20. The van der Waals surface area contributed by atoms with E-state index in [1.165, 1.54) is 27.4 Å². The number of H-pyrrole nitrogens is 2. The van der Waals surface area contributed by atoms with Crippen LogP contribution in [0, 0.1) is 0 Å². The van der Waals surface area contributed by atoms with Gasteiger partial charge in [0.2, 0.25) is 0 Å². The van der Waals surface area contributed by atoms with Crippen molar-refractivity contribution in [2.45, 2.75) is 18.2 Å². The number of aromatic amines is 2. The lowest BCUT2D eigenvalue weighted by atomic mass is 10.1. The minimum Gasteiger partial charge on any atom is -0.361 e. The molecule has 0 amide bonds. The van der Waals surface area contributed by atoms with Crippen LogP contribution in [0.5, 0.6) is 0 Å². The fourth-order valence-electron chi connectivity index (χ4n) is 4.33. The molecule has 5 nitrogen and oxygen atoms in total. The number of alkyl halides is 1. The van der Waals surface area contributed by atoms with Gasteiger partial charge in [-0.2, -0.15) is 0 Å². The number of aromatic nitrogens is 3. The fourth-order valence-corrected chi connectivity index (χ4v) is 4.62. The fraction of sp³-hybridized carbons (Fsp3) is 0.348. The van der Waals surface area contributed by atoms with Crippen molar-refractivity contribution in [2.75, 3.05) is 37.6 Å². The van der Waals surface area contributed by atoms with Crippen molar-refractivity contribution in [3.63, 3.8) is 0 Å². The lowest BCUT2D eigenvalue weighted by Crippen LogP contribution is -2.47. The second kappa shape index (κ2) is 7.84. The molecule has 0 aliphatic carbocycles. The van der Waals surface area contributed by atoms with Crippen LogP contribution in [0.25, 0.3) is 21.8 Å². The summed E-state index contributed by atoms with van der Waals surface area (Å²) >= 11 is 3.69. The van der Waals surface area contributed by atoms with Crippen molar-refractivity contribution < 1.29 is 0 Å². The Balaban J connectivity index is 1.23.